The van der Waals surface area contributed by atoms with Crippen LogP contribution in [0.2, 0.25) is 19.6 Å². The molecule has 4 fully saturated rings. The highest BCUT2D eigenvalue weighted by Crippen LogP contribution is 2.65. The first kappa shape index (κ1) is 10.8. The average Bonchev–Trinajstić information content (AvgIpc) is 2.66. The summed E-state index contributed by atoms with van der Waals surface area (Å²) < 4.78 is 6.38. The summed E-state index contributed by atoms with van der Waals surface area (Å²) >= 11 is 0. The molecule has 88 valence electrons. The van der Waals surface area contributed by atoms with Crippen molar-refractivity contribution >= 4 is 8.32 Å². The van der Waals surface area contributed by atoms with Gasteiger partial charge in [-0.25, -0.2) is 0 Å². The maximum Gasteiger partial charge on any atom is 0.185 e. The Morgan fingerprint density at radius 3 is 2.38 bits per heavy atom. The zero-order valence-electron chi connectivity index (χ0n) is 10.5. The third-order valence-corrected chi connectivity index (χ3v) is 5.85. The summed E-state index contributed by atoms with van der Waals surface area (Å²) in [6.07, 6.45) is 5.25. The lowest BCUT2D eigenvalue weighted by Gasteiger charge is -2.49. The van der Waals surface area contributed by atoms with Crippen LogP contribution >= 0.6 is 0 Å². The number of rotatable bonds is 2. The van der Waals surface area contributed by atoms with Crippen LogP contribution in [0.25, 0.3) is 0 Å². The van der Waals surface area contributed by atoms with Gasteiger partial charge in [-0.1, -0.05) is 0 Å². The van der Waals surface area contributed by atoms with E-state index < -0.39 is 8.32 Å². The van der Waals surface area contributed by atoms with Crippen LogP contribution in [0.1, 0.15) is 25.7 Å². The van der Waals surface area contributed by atoms with Gasteiger partial charge in [-0.2, -0.15) is 5.26 Å². The Hall–Kier alpha value is -0.333. The third kappa shape index (κ3) is 1.26. The van der Waals surface area contributed by atoms with Crippen molar-refractivity contribution < 1.29 is 4.43 Å². The Bertz CT molecular complexity index is 348. The lowest BCUT2D eigenvalue weighted by Crippen LogP contribution is -2.55. The fourth-order valence-corrected chi connectivity index (χ4v) is 6.02. The minimum absolute atomic E-state index is 0.379. The van der Waals surface area contributed by atoms with Crippen LogP contribution in [0.5, 0.6) is 0 Å². The van der Waals surface area contributed by atoms with Crippen molar-refractivity contribution in [2.45, 2.75) is 50.9 Å². The molecule has 3 heteroatoms. The first-order valence-electron chi connectivity index (χ1n) is 6.58. The minimum atomic E-state index is -1.61. The molecule has 0 N–H and O–H groups in total. The lowest BCUT2D eigenvalue weighted by molar-refractivity contribution is -0.0537. The van der Waals surface area contributed by atoms with E-state index in [1.807, 2.05) is 0 Å². The van der Waals surface area contributed by atoms with E-state index in [0.717, 1.165) is 11.8 Å². The first-order chi connectivity index (χ1) is 7.46. The van der Waals surface area contributed by atoms with Gasteiger partial charge in [-0.05, 0) is 57.2 Å². The molecule has 4 aliphatic rings. The molecule has 0 saturated heterocycles. The Balaban J connectivity index is 1.96. The molecule has 0 amide bonds. The van der Waals surface area contributed by atoms with Gasteiger partial charge in [0.1, 0.15) is 5.60 Å². The molecule has 0 heterocycles. The summed E-state index contributed by atoms with van der Waals surface area (Å²) in [5, 5.41) is 9.67. The molecule has 4 aliphatic carbocycles. The van der Waals surface area contributed by atoms with Crippen LogP contribution in [-0.2, 0) is 4.43 Å². The van der Waals surface area contributed by atoms with Crippen LogP contribution in [-0.4, -0.2) is 13.9 Å². The summed E-state index contributed by atoms with van der Waals surface area (Å²) in [5.41, 5.74) is -0.379. The topological polar surface area (TPSA) is 33.0 Å². The largest absolute Gasteiger partial charge is 0.399 e. The van der Waals surface area contributed by atoms with E-state index in [1.165, 1.54) is 25.7 Å². The highest BCUT2D eigenvalue weighted by atomic mass is 28.4. The van der Waals surface area contributed by atoms with Crippen molar-refractivity contribution in [2.24, 2.45) is 23.7 Å². The normalized spacial score (nSPS) is 49.6. The number of fused-ring (bicyclic) bond motifs is 1. The highest BCUT2D eigenvalue weighted by molar-refractivity contribution is 6.69. The fraction of sp³-hybridized carbons (Fsp3) is 0.923. The molecule has 16 heavy (non-hydrogen) atoms. The molecular formula is C13H21NOSi. The molecule has 0 radical (unpaired) electrons. The van der Waals surface area contributed by atoms with E-state index in [0.29, 0.717) is 11.8 Å². The van der Waals surface area contributed by atoms with Gasteiger partial charge in [0.25, 0.3) is 0 Å². The van der Waals surface area contributed by atoms with E-state index in [-0.39, 0.29) is 5.60 Å². The van der Waals surface area contributed by atoms with Gasteiger partial charge in [-0.15, -0.1) is 0 Å². The van der Waals surface area contributed by atoms with E-state index in [1.54, 1.807) is 0 Å². The molecule has 0 spiro atoms. The predicted octanol–water partition coefficient (Wildman–Crippen LogP) is 3.17. The summed E-state index contributed by atoms with van der Waals surface area (Å²) in [5.74, 6) is 2.72. The summed E-state index contributed by atoms with van der Waals surface area (Å²) in [4.78, 5) is 0. The van der Waals surface area contributed by atoms with Crippen LogP contribution in [0, 0.1) is 35.0 Å². The van der Waals surface area contributed by atoms with Gasteiger partial charge < -0.3 is 4.43 Å². The van der Waals surface area contributed by atoms with Crippen molar-refractivity contribution in [1.29, 1.82) is 5.26 Å². The molecule has 0 aromatic carbocycles. The van der Waals surface area contributed by atoms with Crippen molar-refractivity contribution in [2.75, 3.05) is 0 Å². The van der Waals surface area contributed by atoms with Gasteiger partial charge in [0, 0.05) is 11.8 Å². The second-order valence-electron chi connectivity index (χ2n) is 6.90. The van der Waals surface area contributed by atoms with Crippen LogP contribution in [0.15, 0.2) is 0 Å². The van der Waals surface area contributed by atoms with Crippen LogP contribution in [0.3, 0.4) is 0 Å². The standard InChI is InChI=1S/C13H21NOSi/c1-16(2,3)15-13(8-14)11-5-4-9-6-10(11)7-12(9)13/h9-12H,4-7H2,1-3H3. The summed E-state index contributed by atoms with van der Waals surface area (Å²) in [6, 6.07) is 2.61. The second kappa shape index (κ2) is 3.11. The van der Waals surface area contributed by atoms with Gasteiger partial charge in [0.15, 0.2) is 8.32 Å². The molecule has 4 rings (SSSR count). The Labute approximate surface area is 99.1 Å². The van der Waals surface area contributed by atoms with Crippen molar-refractivity contribution in [3.63, 3.8) is 0 Å². The molecular weight excluding hydrogens is 214 g/mol. The lowest BCUT2D eigenvalue weighted by atomic mass is 9.62. The molecule has 0 aromatic rings. The SMILES string of the molecule is C[Si](C)(C)OC1(C#N)C2CCC3CC2CC31. The molecule has 2 nitrogen and oxygen atoms in total. The molecule has 0 aliphatic heterocycles. The summed E-state index contributed by atoms with van der Waals surface area (Å²) in [7, 11) is -1.61. The van der Waals surface area contributed by atoms with Crippen molar-refractivity contribution in [3.8, 4) is 6.07 Å². The van der Waals surface area contributed by atoms with Gasteiger partial charge >= 0.3 is 0 Å². The van der Waals surface area contributed by atoms with Crippen LogP contribution in [0.4, 0.5) is 0 Å². The average molecular weight is 235 g/mol. The Morgan fingerprint density at radius 2 is 1.88 bits per heavy atom. The molecule has 4 saturated carbocycles. The zero-order chi connectivity index (χ0) is 11.6. The van der Waals surface area contributed by atoms with Gasteiger partial charge in [0.05, 0.1) is 6.07 Å². The maximum absolute atomic E-state index is 9.67. The van der Waals surface area contributed by atoms with Gasteiger partial charge in [-0.3, -0.25) is 0 Å². The predicted molar refractivity (Wildman–Crippen MR) is 65.2 cm³/mol. The van der Waals surface area contributed by atoms with E-state index >= 15 is 0 Å². The number of nitriles is 1. The fourth-order valence-electron chi connectivity index (χ4n) is 4.66. The monoisotopic (exact) mass is 235 g/mol. The highest BCUT2D eigenvalue weighted by Gasteiger charge is 2.66. The summed E-state index contributed by atoms with van der Waals surface area (Å²) in [6.45, 7) is 6.64. The third-order valence-electron chi connectivity index (χ3n) is 4.90. The Morgan fingerprint density at radius 1 is 1.12 bits per heavy atom. The molecule has 5 unspecified atom stereocenters. The maximum atomic E-state index is 9.67. The van der Waals surface area contributed by atoms with Crippen LogP contribution < -0.4 is 0 Å². The minimum Gasteiger partial charge on any atom is -0.399 e. The first-order valence-corrected chi connectivity index (χ1v) is 9.98. The quantitative estimate of drug-likeness (QED) is 0.689. The van der Waals surface area contributed by atoms with Crippen molar-refractivity contribution in [1.82, 2.24) is 0 Å². The Kier molecular flexibility index (Phi) is 2.10. The van der Waals surface area contributed by atoms with E-state index in [4.69, 9.17) is 4.43 Å². The second-order valence-corrected chi connectivity index (χ2v) is 11.3. The molecule has 5 atom stereocenters. The number of hydrogen-bond acceptors (Lipinski definition) is 2. The van der Waals surface area contributed by atoms with E-state index in [2.05, 4.69) is 25.7 Å². The van der Waals surface area contributed by atoms with Crippen molar-refractivity contribution in [3.05, 3.63) is 0 Å². The smallest absolute Gasteiger partial charge is 0.185 e. The van der Waals surface area contributed by atoms with Gasteiger partial charge in [0.2, 0.25) is 0 Å². The molecule has 0 aromatic heterocycles. The number of hydrogen-bond donors (Lipinski definition) is 0. The molecule has 4 bridgehead atoms. The van der Waals surface area contributed by atoms with E-state index in [9.17, 15) is 5.26 Å². The zero-order valence-corrected chi connectivity index (χ0v) is 11.5. The number of nitrogens with zero attached hydrogens (tertiary/aromatic N) is 1.